The molecule has 0 saturated carbocycles. The fourth-order valence-corrected chi connectivity index (χ4v) is 2.00. The molecule has 1 aromatic rings. The van der Waals surface area contributed by atoms with Gasteiger partial charge in [-0.1, -0.05) is 0 Å². The predicted molar refractivity (Wildman–Crippen MR) is 55.5 cm³/mol. The molecule has 0 aromatic heterocycles. The molecule has 1 N–H and O–H groups in total. The number of rotatable bonds is 1. The fourth-order valence-electron chi connectivity index (χ4n) is 1.66. The van der Waals surface area contributed by atoms with E-state index < -0.39 is 39.4 Å². The van der Waals surface area contributed by atoms with Gasteiger partial charge in [0, 0.05) is 13.1 Å². The lowest BCUT2D eigenvalue weighted by atomic mass is 10.1. The summed E-state index contributed by atoms with van der Waals surface area (Å²) in [5.74, 6) is -5.75. The van der Waals surface area contributed by atoms with E-state index >= 15 is 0 Å². The third kappa shape index (κ3) is 2.19. The molecule has 1 saturated heterocycles. The normalized spacial score (nSPS) is 20.6. The molecule has 0 amide bonds. The summed E-state index contributed by atoms with van der Waals surface area (Å²) in [6.07, 6.45) is -1.03. The van der Waals surface area contributed by atoms with Gasteiger partial charge in [-0.25, -0.2) is 17.6 Å². The average Bonchev–Trinajstić information content (AvgIpc) is 2.36. The second kappa shape index (κ2) is 4.91. The van der Waals surface area contributed by atoms with Crippen LogP contribution in [0.4, 0.5) is 17.6 Å². The van der Waals surface area contributed by atoms with Crippen molar-refractivity contribution in [2.75, 3.05) is 19.7 Å². The molecule has 94 valence electrons. The largest absolute Gasteiger partial charge is 0.371 e. The first-order chi connectivity index (χ1) is 8.04. The molecule has 1 fully saturated rings. The summed E-state index contributed by atoms with van der Waals surface area (Å²) in [5.41, 5.74) is -0.713. The lowest BCUT2D eigenvalue weighted by Gasteiger charge is -2.25. The second-order valence-corrected chi connectivity index (χ2v) is 4.34. The van der Waals surface area contributed by atoms with Crippen LogP contribution in [0.1, 0.15) is 11.7 Å². The number of hydrogen-bond acceptors (Lipinski definition) is 2. The Labute approximate surface area is 103 Å². The number of halogens is 5. The molecule has 7 heteroatoms. The van der Waals surface area contributed by atoms with Gasteiger partial charge < -0.3 is 10.1 Å². The number of nitrogens with one attached hydrogen (secondary N) is 1. The van der Waals surface area contributed by atoms with Gasteiger partial charge >= 0.3 is 0 Å². The highest BCUT2D eigenvalue weighted by molar-refractivity contribution is 9.10. The quantitative estimate of drug-likeness (QED) is 0.489. The van der Waals surface area contributed by atoms with Crippen molar-refractivity contribution in [2.45, 2.75) is 6.10 Å². The molecule has 0 bridgehead atoms. The summed E-state index contributed by atoms with van der Waals surface area (Å²) in [7, 11) is 0. The molecule has 2 nitrogen and oxygen atoms in total. The number of hydrogen-bond donors (Lipinski definition) is 1. The van der Waals surface area contributed by atoms with Gasteiger partial charge in [0.1, 0.15) is 6.10 Å². The minimum Gasteiger partial charge on any atom is -0.371 e. The Kier molecular flexibility index (Phi) is 3.70. The molecular weight excluding hydrogens is 306 g/mol. The Hall–Kier alpha value is -0.660. The summed E-state index contributed by atoms with van der Waals surface area (Å²) in [6.45, 7) is 0.860. The Morgan fingerprint density at radius 1 is 1.06 bits per heavy atom. The van der Waals surface area contributed by atoms with Gasteiger partial charge in [-0.05, 0) is 15.9 Å². The number of ether oxygens (including phenoxy) is 1. The highest BCUT2D eigenvalue weighted by Crippen LogP contribution is 2.33. The third-order valence-corrected chi connectivity index (χ3v) is 3.19. The van der Waals surface area contributed by atoms with Crippen molar-refractivity contribution in [1.82, 2.24) is 5.32 Å². The fraction of sp³-hybridized carbons (Fsp3) is 0.400. The smallest absolute Gasteiger partial charge is 0.176 e. The number of benzene rings is 1. The van der Waals surface area contributed by atoms with Gasteiger partial charge in [0.25, 0.3) is 0 Å². The average molecular weight is 314 g/mol. The first-order valence-electron chi connectivity index (χ1n) is 4.87. The van der Waals surface area contributed by atoms with Crippen molar-refractivity contribution in [3.8, 4) is 0 Å². The maximum absolute atomic E-state index is 13.6. The molecule has 1 aliphatic rings. The first-order valence-corrected chi connectivity index (χ1v) is 5.67. The maximum atomic E-state index is 13.6. The van der Waals surface area contributed by atoms with E-state index in [1.165, 1.54) is 0 Å². The van der Waals surface area contributed by atoms with E-state index in [1.807, 2.05) is 0 Å². The highest BCUT2D eigenvalue weighted by atomic mass is 79.9. The minimum atomic E-state index is -1.45. The van der Waals surface area contributed by atoms with Crippen molar-refractivity contribution < 1.29 is 22.3 Å². The van der Waals surface area contributed by atoms with Gasteiger partial charge in [-0.15, -0.1) is 0 Å². The van der Waals surface area contributed by atoms with Gasteiger partial charge in [-0.2, -0.15) is 0 Å². The molecule has 0 spiro atoms. The van der Waals surface area contributed by atoms with E-state index in [2.05, 4.69) is 21.2 Å². The molecule has 1 aromatic carbocycles. The zero-order valence-electron chi connectivity index (χ0n) is 8.50. The summed E-state index contributed by atoms with van der Waals surface area (Å²) in [4.78, 5) is 0. The SMILES string of the molecule is Fc1c(F)c(C2CNCCO2)c(F)c(F)c1Br. The van der Waals surface area contributed by atoms with Crippen LogP contribution < -0.4 is 5.32 Å². The van der Waals surface area contributed by atoms with Crippen molar-refractivity contribution >= 4 is 15.9 Å². The van der Waals surface area contributed by atoms with Gasteiger partial charge in [0.05, 0.1) is 16.6 Å². The molecule has 0 aliphatic carbocycles. The molecule has 1 aliphatic heterocycles. The van der Waals surface area contributed by atoms with Gasteiger partial charge in [0.15, 0.2) is 23.3 Å². The summed E-state index contributed by atoms with van der Waals surface area (Å²) >= 11 is 2.45. The van der Waals surface area contributed by atoms with E-state index in [0.717, 1.165) is 0 Å². The first kappa shape index (κ1) is 12.8. The monoisotopic (exact) mass is 313 g/mol. The second-order valence-electron chi connectivity index (χ2n) is 3.55. The van der Waals surface area contributed by atoms with E-state index in [-0.39, 0.29) is 13.2 Å². The van der Waals surface area contributed by atoms with Crippen LogP contribution in [0, 0.1) is 23.3 Å². The van der Waals surface area contributed by atoms with Crippen molar-refractivity contribution in [3.63, 3.8) is 0 Å². The van der Waals surface area contributed by atoms with E-state index in [0.29, 0.717) is 6.54 Å². The third-order valence-electron chi connectivity index (χ3n) is 2.49. The molecule has 1 unspecified atom stereocenters. The van der Waals surface area contributed by atoms with Gasteiger partial charge in [0.2, 0.25) is 0 Å². The van der Waals surface area contributed by atoms with E-state index in [4.69, 9.17) is 4.74 Å². The Morgan fingerprint density at radius 2 is 1.65 bits per heavy atom. The number of morpholine rings is 1. The predicted octanol–water partition coefficient (Wildman–Crippen LogP) is 2.67. The van der Waals surface area contributed by atoms with Crippen LogP contribution in [-0.4, -0.2) is 19.7 Å². The van der Waals surface area contributed by atoms with Crippen LogP contribution in [0.2, 0.25) is 0 Å². The van der Waals surface area contributed by atoms with Crippen molar-refractivity contribution in [3.05, 3.63) is 33.3 Å². The van der Waals surface area contributed by atoms with Crippen LogP contribution in [0.25, 0.3) is 0 Å². The summed E-state index contributed by atoms with van der Waals surface area (Å²) in [5, 5.41) is 2.83. The topological polar surface area (TPSA) is 21.3 Å². The zero-order valence-corrected chi connectivity index (χ0v) is 10.1. The van der Waals surface area contributed by atoms with Gasteiger partial charge in [-0.3, -0.25) is 0 Å². The van der Waals surface area contributed by atoms with E-state index in [9.17, 15) is 17.6 Å². The van der Waals surface area contributed by atoms with Crippen LogP contribution in [0.3, 0.4) is 0 Å². The Bertz CT molecular complexity index is 419. The highest BCUT2D eigenvalue weighted by Gasteiger charge is 2.30. The van der Waals surface area contributed by atoms with Crippen LogP contribution in [0.15, 0.2) is 4.47 Å². The maximum Gasteiger partial charge on any atom is 0.176 e. The zero-order chi connectivity index (χ0) is 12.6. The van der Waals surface area contributed by atoms with Crippen LogP contribution in [0.5, 0.6) is 0 Å². The molecular formula is C10H8BrF4NO. The lowest BCUT2D eigenvalue weighted by Crippen LogP contribution is -2.34. The molecule has 0 radical (unpaired) electrons. The van der Waals surface area contributed by atoms with Crippen LogP contribution in [-0.2, 0) is 4.74 Å². The Morgan fingerprint density at radius 3 is 2.12 bits per heavy atom. The summed E-state index contributed by atoms with van der Waals surface area (Å²) < 4.78 is 57.9. The standard InChI is InChI=1S/C10H8BrF4NO/c11-6-9(14)7(12)5(8(13)10(6)15)4-3-16-1-2-17-4/h4,16H,1-3H2. The molecule has 1 atom stereocenters. The van der Waals surface area contributed by atoms with Crippen molar-refractivity contribution in [2.24, 2.45) is 0 Å². The Balaban J connectivity index is 2.52. The molecule has 17 heavy (non-hydrogen) atoms. The minimum absolute atomic E-state index is 0.106. The molecule has 2 rings (SSSR count). The lowest BCUT2D eigenvalue weighted by molar-refractivity contribution is 0.0222. The van der Waals surface area contributed by atoms with Crippen LogP contribution >= 0.6 is 15.9 Å². The van der Waals surface area contributed by atoms with E-state index in [1.54, 1.807) is 0 Å². The summed E-state index contributed by atoms with van der Waals surface area (Å²) in [6, 6.07) is 0. The molecule has 1 heterocycles. The van der Waals surface area contributed by atoms with Crippen molar-refractivity contribution in [1.29, 1.82) is 0 Å².